The number of hydrogen-bond acceptors (Lipinski definition) is 4. The zero-order valence-electron chi connectivity index (χ0n) is 12.5. The molecule has 1 aromatic heterocycles. The number of ether oxygens (including phenoxy) is 1. The van der Waals surface area contributed by atoms with Crippen molar-refractivity contribution in [2.75, 3.05) is 26.8 Å². The van der Waals surface area contributed by atoms with Gasteiger partial charge in [-0.25, -0.2) is 4.98 Å². The van der Waals surface area contributed by atoms with E-state index in [9.17, 15) is 4.79 Å². The first-order valence-electron chi connectivity index (χ1n) is 7.82. The highest BCUT2D eigenvalue weighted by molar-refractivity contribution is 5.91. The molecular weight excluding hydrogens is 266 g/mol. The number of carbonyl (C=O) groups excluding carboxylic acids is 1. The van der Waals surface area contributed by atoms with Gasteiger partial charge in [-0.3, -0.25) is 9.69 Å². The van der Waals surface area contributed by atoms with Crippen LogP contribution in [0.25, 0.3) is 0 Å². The normalized spacial score (nSPS) is 24.1. The van der Waals surface area contributed by atoms with E-state index < -0.39 is 0 Å². The van der Waals surface area contributed by atoms with Crippen LogP contribution in [0.2, 0.25) is 0 Å². The first-order chi connectivity index (χ1) is 10.3. The number of aromatic nitrogens is 1. The summed E-state index contributed by atoms with van der Waals surface area (Å²) in [4.78, 5) is 18.9. The van der Waals surface area contributed by atoms with Crippen LogP contribution in [0.15, 0.2) is 18.2 Å². The molecule has 0 bridgehead atoms. The molecule has 0 spiro atoms. The number of amides is 1. The third-order valence-corrected chi connectivity index (χ3v) is 4.53. The number of rotatable bonds is 3. The standard InChI is InChI=1S/C16H23N3O2/c1-17-16(20)14-5-2-4-13(18-14)15-6-3-9-19(15)12-7-10-21-11-8-12/h2,4-5,12,15H,3,6-11H2,1H3,(H,17,20)/t15-/m0/s1. The van der Waals surface area contributed by atoms with E-state index in [1.54, 1.807) is 13.1 Å². The van der Waals surface area contributed by atoms with Gasteiger partial charge in [-0.15, -0.1) is 0 Å². The van der Waals surface area contributed by atoms with Crippen molar-refractivity contribution in [3.05, 3.63) is 29.6 Å². The van der Waals surface area contributed by atoms with E-state index in [0.29, 0.717) is 17.8 Å². The van der Waals surface area contributed by atoms with Gasteiger partial charge in [0.1, 0.15) is 5.69 Å². The summed E-state index contributed by atoms with van der Waals surface area (Å²) in [6.45, 7) is 2.85. The monoisotopic (exact) mass is 289 g/mol. The summed E-state index contributed by atoms with van der Waals surface area (Å²) in [6.07, 6.45) is 4.53. The van der Waals surface area contributed by atoms with Crippen LogP contribution in [-0.4, -0.2) is 48.6 Å². The van der Waals surface area contributed by atoms with Gasteiger partial charge in [-0.1, -0.05) is 6.07 Å². The minimum absolute atomic E-state index is 0.118. The lowest BCUT2D eigenvalue weighted by atomic mass is 10.0. The van der Waals surface area contributed by atoms with E-state index in [-0.39, 0.29) is 5.91 Å². The van der Waals surface area contributed by atoms with Crippen molar-refractivity contribution in [2.24, 2.45) is 0 Å². The predicted molar refractivity (Wildman–Crippen MR) is 80.1 cm³/mol. The average Bonchev–Trinajstić information content (AvgIpc) is 3.04. The molecule has 1 atom stereocenters. The fourth-order valence-electron chi connectivity index (χ4n) is 3.45. The molecule has 0 saturated carbocycles. The molecule has 3 heterocycles. The van der Waals surface area contributed by atoms with Gasteiger partial charge in [0.05, 0.1) is 11.7 Å². The second-order valence-corrected chi connectivity index (χ2v) is 5.77. The first-order valence-corrected chi connectivity index (χ1v) is 7.82. The van der Waals surface area contributed by atoms with Crippen molar-refractivity contribution < 1.29 is 9.53 Å². The van der Waals surface area contributed by atoms with Crippen molar-refractivity contribution in [2.45, 2.75) is 37.8 Å². The second-order valence-electron chi connectivity index (χ2n) is 5.77. The molecule has 114 valence electrons. The Morgan fingerprint density at radius 2 is 2.14 bits per heavy atom. The van der Waals surface area contributed by atoms with Crippen molar-refractivity contribution >= 4 is 5.91 Å². The van der Waals surface area contributed by atoms with Crippen LogP contribution in [0.4, 0.5) is 0 Å². The maximum Gasteiger partial charge on any atom is 0.269 e. The fraction of sp³-hybridized carbons (Fsp3) is 0.625. The summed E-state index contributed by atoms with van der Waals surface area (Å²) in [5, 5.41) is 2.64. The summed E-state index contributed by atoms with van der Waals surface area (Å²) in [5.41, 5.74) is 1.54. The number of nitrogens with zero attached hydrogens (tertiary/aromatic N) is 2. The van der Waals surface area contributed by atoms with Gasteiger partial charge in [0.2, 0.25) is 0 Å². The van der Waals surface area contributed by atoms with Crippen LogP contribution in [0, 0.1) is 0 Å². The third kappa shape index (κ3) is 3.09. The summed E-state index contributed by atoms with van der Waals surface area (Å²) in [6, 6.07) is 6.70. The molecule has 2 aliphatic rings. The molecule has 21 heavy (non-hydrogen) atoms. The zero-order valence-corrected chi connectivity index (χ0v) is 12.5. The highest BCUT2D eigenvalue weighted by atomic mass is 16.5. The van der Waals surface area contributed by atoms with E-state index in [1.165, 1.54) is 6.42 Å². The van der Waals surface area contributed by atoms with Crippen LogP contribution in [0.5, 0.6) is 0 Å². The minimum Gasteiger partial charge on any atom is -0.381 e. The largest absolute Gasteiger partial charge is 0.381 e. The smallest absolute Gasteiger partial charge is 0.269 e. The predicted octanol–water partition coefficient (Wildman–Crippen LogP) is 1.76. The lowest BCUT2D eigenvalue weighted by Gasteiger charge is -2.35. The fourth-order valence-corrected chi connectivity index (χ4v) is 3.45. The molecule has 0 unspecified atom stereocenters. The maximum absolute atomic E-state index is 11.8. The van der Waals surface area contributed by atoms with Crippen LogP contribution in [-0.2, 0) is 4.74 Å². The van der Waals surface area contributed by atoms with Crippen LogP contribution < -0.4 is 5.32 Å². The molecule has 5 nitrogen and oxygen atoms in total. The van der Waals surface area contributed by atoms with Crippen molar-refractivity contribution in [1.29, 1.82) is 0 Å². The second kappa shape index (κ2) is 6.54. The van der Waals surface area contributed by atoms with Gasteiger partial charge in [0.15, 0.2) is 0 Å². The highest BCUT2D eigenvalue weighted by Crippen LogP contribution is 2.35. The molecule has 0 aliphatic carbocycles. The molecule has 1 amide bonds. The summed E-state index contributed by atoms with van der Waals surface area (Å²) >= 11 is 0. The van der Waals surface area contributed by atoms with E-state index >= 15 is 0 Å². The van der Waals surface area contributed by atoms with Crippen LogP contribution in [0.3, 0.4) is 0 Å². The van der Waals surface area contributed by atoms with E-state index in [2.05, 4.69) is 21.3 Å². The Bertz CT molecular complexity index is 500. The average molecular weight is 289 g/mol. The molecule has 1 aromatic rings. The molecule has 1 N–H and O–H groups in total. The first kappa shape index (κ1) is 14.5. The molecule has 2 fully saturated rings. The van der Waals surface area contributed by atoms with Gasteiger partial charge in [0.25, 0.3) is 5.91 Å². The van der Waals surface area contributed by atoms with Crippen molar-refractivity contribution in [1.82, 2.24) is 15.2 Å². The lowest BCUT2D eigenvalue weighted by Crippen LogP contribution is -2.39. The minimum atomic E-state index is -0.118. The molecule has 2 aliphatic heterocycles. The Labute approximate surface area is 125 Å². The Hall–Kier alpha value is -1.46. The number of hydrogen-bond donors (Lipinski definition) is 1. The Morgan fingerprint density at radius 1 is 1.33 bits per heavy atom. The Morgan fingerprint density at radius 3 is 2.90 bits per heavy atom. The number of likely N-dealkylation sites (tertiary alicyclic amines) is 1. The van der Waals surface area contributed by atoms with E-state index in [0.717, 1.165) is 44.7 Å². The number of pyridine rings is 1. The zero-order chi connectivity index (χ0) is 14.7. The van der Waals surface area contributed by atoms with Gasteiger partial charge >= 0.3 is 0 Å². The Kier molecular flexibility index (Phi) is 4.51. The lowest BCUT2D eigenvalue weighted by molar-refractivity contribution is 0.0285. The SMILES string of the molecule is CNC(=O)c1cccc([C@@H]2CCCN2C2CCOCC2)n1. The molecule has 0 radical (unpaired) electrons. The quantitative estimate of drug-likeness (QED) is 0.921. The van der Waals surface area contributed by atoms with Crippen LogP contribution in [0.1, 0.15) is 47.9 Å². The molecule has 0 aromatic carbocycles. The van der Waals surface area contributed by atoms with Gasteiger partial charge < -0.3 is 10.1 Å². The maximum atomic E-state index is 11.8. The molecule has 5 heteroatoms. The summed E-state index contributed by atoms with van der Waals surface area (Å²) < 4.78 is 5.47. The van der Waals surface area contributed by atoms with Gasteiger partial charge in [-0.2, -0.15) is 0 Å². The number of carbonyl (C=O) groups is 1. The summed E-state index contributed by atoms with van der Waals surface area (Å²) in [5.74, 6) is -0.118. The topological polar surface area (TPSA) is 54.5 Å². The molecule has 3 rings (SSSR count). The van der Waals surface area contributed by atoms with E-state index in [4.69, 9.17) is 4.74 Å². The van der Waals surface area contributed by atoms with Crippen molar-refractivity contribution in [3.63, 3.8) is 0 Å². The molecular formula is C16H23N3O2. The number of nitrogens with one attached hydrogen (secondary N) is 1. The molecule has 2 saturated heterocycles. The highest BCUT2D eigenvalue weighted by Gasteiger charge is 2.33. The van der Waals surface area contributed by atoms with E-state index in [1.807, 2.05) is 6.07 Å². The Balaban J connectivity index is 1.79. The van der Waals surface area contributed by atoms with Gasteiger partial charge in [0, 0.05) is 26.3 Å². The summed E-state index contributed by atoms with van der Waals surface area (Å²) in [7, 11) is 1.64. The van der Waals surface area contributed by atoms with Crippen LogP contribution >= 0.6 is 0 Å². The third-order valence-electron chi connectivity index (χ3n) is 4.53. The van der Waals surface area contributed by atoms with Gasteiger partial charge in [-0.05, 0) is 44.4 Å². The van der Waals surface area contributed by atoms with Crippen molar-refractivity contribution in [3.8, 4) is 0 Å².